The Morgan fingerprint density at radius 1 is 0.185 bits per heavy atom. The molecule has 0 saturated heterocycles. The molecule has 2 nitrogen and oxygen atoms in total. The molecule has 0 aliphatic heterocycles. The number of aromatic nitrogens is 2. The van der Waals surface area contributed by atoms with Gasteiger partial charge in [-0.2, -0.15) is 0 Å². The van der Waals surface area contributed by atoms with E-state index in [0.717, 1.165) is 39.2 Å². The van der Waals surface area contributed by atoms with Crippen molar-refractivity contribution in [2.24, 2.45) is 0 Å². The van der Waals surface area contributed by atoms with E-state index in [2.05, 4.69) is 182 Å². The molecule has 0 bridgehead atoms. The molecular weight excluding hydrogens is 653 g/mol. The van der Waals surface area contributed by atoms with E-state index in [9.17, 15) is 0 Å². The van der Waals surface area contributed by atoms with Crippen molar-refractivity contribution in [2.75, 3.05) is 0 Å². The normalized spacial score (nSPS) is 11.0. The topological polar surface area (TPSA) is 25.8 Å². The Balaban J connectivity index is 1.16. The van der Waals surface area contributed by atoms with Gasteiger partial charge >= 0.3 is 0 Å². The molecule has 54 heavy (non-hydrogen) atoms. The minimum absolute atomic E-state index is 0.712. The molecule has 0 atom stereocenters. The van der Waals surface area contributed by atoms with Crippen LogP contribution in [0.15, 0.2) is 218 Å². The van der Waals surface area contributed by atoms with Gasteiger partial charge in [0.1, 0.15) is 0 Å². The van der Waals surface area contributed by atoms with Crippen LogP contribution in [0.5, 0.6) is 0 Å². The van der Waals surface area contributed by atoms with Crippen molar-refractivity contribution in [1.29, 1.82) is 0 Å². The van der Waals surface area contributed by atoms with Crippen molar-refractivity contribution < 1.29 is 0 Å². The van der Waals surface area contributed by atoms with E-state index in [4.69, 9.17) is 9.97 Å². The Bertz CT molecular complexity index is 2540. The van der Waals surface area contributed by atoms with Crippen LogP contribution < -0.4 is 0 Å². The Labute approximate surface area is 316 Å². The first-order chi connectivity index (χ1) is 26.7. The maximum atomic E-state index is 5.06. The average Bonchev–Trinajstić information content (AvgIpc) is 3.27. The van der Waals surface area contributed by atoms with Crippen LogP contribution in [0.3, 0.4) is 0 Å². The summed E-state index contributed by atoms with van der Waals surface area (Å²) in [4.78, 5) is 10.0. The second-order valence-corrected chi connectivity index (χ2v) is 13.5. The van der Waals surface area contributed by atoms with Crippen molar-refractivity contribution in [3.8, 4) is 89.5 Å². The van der Waals surface area contributed by atoms with E-state index in [1.165, 1.54) is 44.5 Å². The zero-order valence-electron chi connectivity index (χ0n) is 29.7. The summed E-state index contributed by atoms with van der Waals surface area (Å²) in [5.74, 6) is 0.712. The largest absolute Gasteiger partial charge is 0.228 e. The average molecular weight is 689 g/mol. The smallest absolute Gasteiger partial charge is 0.160 e. The summed E-state index contributed by atoms with van der Waals surface area (Å²) in [5, 5.41) is 0. The predicted octanol–water partition coefficient (Wildman–Crippen LogP) is 13.8. The maximum absolute atomic E-state index is 5.06. The lowest BCUT2D eigenvalue weighted by atomic mass is 9.89. The van der Waals surface area contributed by atoms with Gasteiger partial charge in [0.2, 0.25) is 0 Å². The molecule has 1 aromatic heterocycles. The molecule has 0 amide bonds. The highest BCUT2D eigenvalue weighted by Gasteiger charge is 2.14. The van der Waals surface area contributed by atoms with Gasteiger partial charge in [0.25, 0.3) is 0 Å². The SMILES string of the molecule is c1ccc(-c2cc(-c3ccccc3)cc(-c3cc(-c4ccccc4)cc(-c4ccc(-c5cc(-c6ccccc6)nc(-c6ccccc6)n5)cc4)c3)c2)cc1. The molecule has 1 heterocycles. The van der Waals surface area contributed by atoms with E-state index >= 15 is 0 Å². The van der Waals surface area contributed by atoms with Crippen molar-refractivity contribution in [2.45, 2.75) is 0 Å². The number of hydrogen-bond acceptors (Lipinski definition) is 2. The molecule has 0 aliphatic rings. The fourth-order valence-corrected chi connectivity index (χ4v) is 7.05. The summed E-state index contributed by atoms with van der Waals surface area (Å²) in [6.07, 6.45) is 0. The van der Waals surface area contributed by atoms with Gasteiger partial charge in [-0.15, -0.1) is 0 Å². The standard InChI is InChI=1S/C52H36N2/c1-6-16-37(17-7-1)44-30-45(38-18-8-2-9-19-38)33-48(32-44)49-34-46(39-20-10-3-11-21-39)31-47(35-49)40-26-28-42(29-27-40)51-36-50(41-22-12-4-13-23-41)53-52(54-51)43-24-14-5-15-25-43/h1-36H. The van der Waals surface area contributed by atoms with E-state index in [0.29, 0.717) is 5.82 Å². The molecule has 0 N–H and O–H groups in total. The third-order valence-electron chi connectivity index (χ3n) is 9.86. The first-order valence-corrected chi connectivity index (χ1v) is 18.3. The van der Waals surface area contributed by atoms with E-state index in [1.807, 2.05) is 36.4 Å². The van der Waals surface area contributed by atoms with Gasteiger partial charge < -0.3 is 0 Å². The van der Waals surface area contributed by atoms with Gasteiger partial charge in [0.05, 0.1) is 11.4 Å². The molecule has 9 aromatic rings. The molecule has 2 heteroatoms. The van der Waals surface area contributed by atoms with Crippen LogP contribution in [0.1, 0.15) is 0 Å². The summed E-state index contributed by atoms with van der Waals surface area (Å²) in [7, 11) is 0. The van der Waals surface area contributed by atoms with E-state index < -0.39 is 0 Å². The number of hydrogen-bond donors (Lipinski definition) is 0. The van der Waals surface area contributed by atoms with Gasteiger partial charge in [-0.3, -0.25) is 0 Å². The quantitative estimate of drug-likeness (QED) is 0.159. The van der Waals surface area contributed by atoms with Gasteiger partial charge in [-0.05, 0) is 98.1 Å². The van der Waals surface area contributed by atoms with Gasteiger partial charge in [-0.25, -0.2) is 9.97 Å². The van der Waals surface area contributed by atoms with Gasteiger partial charge in [0, 0.05) is 16.7 Å². The maximum Gasteiger partial charge on any atom is 0.160 e. The molecule has 0 unspecified atom stereocenters. The lowest BCUT2D eigenvalue weighted by Gasteiger charge is -2.15. The van der Waals surface area contributed by atoms with Gasteiger partial charge in [0.15, 0.2) is 5.82 Å². The molecule has 254 valence electrons. The van der Waals surface area contributed by atoms with Crippen LogP contribution in [0.4, 0.5) is 0 Å². The fourth-order valence-electron chi connectivity index (χ4n) is 7.05. The van der Waals surface area contributed by atoms with Crippen molar-refractivity contribution in [1.82, 2.24) is 9.97 Å². The molecule has 0 aliphatic carbocycles. The highest BCUT2D eigenvalue weighted by Crippen LogP contribution is 2.38. The summed E-state index contributed by atoms with van der Waals surface area (Å²) in [5.41, 5.74) is 16.7. The second-order valence-electron chi connectivity index (χ2n) is 13.5. The van der Waals surface area contributed by atoms with Crippen LogP contribution >= 0.6 is 0 Å². The van der Waals surface area contributed by atoms with Crippen LogP contribution in [-0.4, -0.2) is 9.97 Å². The lowest BCUT2D eigenvalue weighted by molar-refractivity contribution is 1.18. The van der Waals surface area contributed by atoms with Gasteiger partial charge in [-0.1, -0.05) is 176 Å². The minimum Gasteiger partial charge on any atom is -0.228 e. The van der Waals surface area contributed by atoms with Crippen LogP contribution in [-0.2, 0) is 0 Å². The van der Waals surface area contributed by atoms with Crippen LogP contribution in [0.25, 0.3) is 89.5 Å². The Hall–Kier alpha value is -7.16. The zero-order valence-corrected chi connectivity index (χ0v) is 29.7. The summed E-state index contributed by atoms with van der Waals surface area (Å²) < 4.78 is 0. The van der Waals surface area contributed by atoms with E-state index in [-0.39, 0.29) is 0 Å². The molecule has 0 spiro atoms. The van der Waals surface area contributed by atoms with Crippen molar-refractivity contribution in [3.05, 3.63) is 218 Å². The summed E-state index contributed by atoms with van der Waals surface area (Å²) in [6, 6.07) is 77.3. The highest BCUT2D eigenvalue weighted by molar-refractivity contribution is 5.86. The van der Waals surface area contributed by atoms with E-state index in [1.54, 1.807) is 0 Å². The number of nitrogens with zero attached hydrogens (tertiary/aromatic N) is 2. The second kappa shape index (κ2) is 14.8. The fraction of sp³-hybridized carbons (Fsp3) is 0. The monoisotopic (exact) mass is 688 g/mol. The molecule has 9 rings (SSSR count). The summed E-state index contributed by atoms with van der Waals surface area (Å²) >= 11 is 0. The third-order valence-corrected chi connectivity index (χ3v) is 9.86. The van der Waals surface area contributed by atoms with Crippen molar-refractivity contribution >= 4 is 0 Å². The highest BCUT2D eigenvalue weighted by atomic mass is 14.9. The Kier molecular flexibility index (Phi) is 8.99. The molecule has 8 aromatic carbocycles. The third kappa shape index (κ3) is 7.01. The molecule has 0 saturated carbocycles. The minimum atomic E-state index is 0.712. The predicted molar refractivity (Wildman–Crippen MR) is 226 cm³/mol. The number of rotatable bonds is 8. The van der Waals surface area contributed by atoms with Crippen LogP contribution in [0, 0.1) is 0 Å². The Morgan fingerprint density at radius 3 is 0.778 bits per heavy atom. The zero-order chi connectivity index (χ0) is 36.1. The first-order valence-electron chi connectivity index (χ1n) is 18.3. The Morgan fingerprint density at radius 2 is 0.426 bits per heavy atom. The molecular formula is C52H36N2. The summed E-state index contributed by atoms with van der Waals surface area (Å²) in [6.45, 7) is 0. The molecule has 0 radical (unpaired) electrons. The number of benzene rings is 8. The van der Waals surface area contributed by atoms with Crippen LogP contribution in [0.2, 0.25) is 0 Å². The molecule has 0 fully saturated rings. The lowest BCUT2D eigenvalue weighted by Crippen LogP contribution is -1.95. The van der Waals surface area contributed by atoms with Crippen molar-refractivity contribution in [3.63, 3.8) is 0 Å². The first kappa shape index (κ1) is 32.7.